The van der Waals surface area contributed by atoms with Crippen molar-refractivity contribution in [2.24, 2.45) is 5.92 Å². The first-order valence-corrected chi connectivity index (χ1v) is 9.11. The van der Waals surface area contributed by atoms with E-state index < -0.39 is 10.2 Å². The van der Waals surface area contributed by atoms with Crippen LogP contribution in [0.25, 0.3) is 0 Å². The van der Waals surface area contributed by atoms with Gasteiger partial charge in [-0.05, 0) is 32.6 Å². The lowest BCUT2D eigenvalue weighted by atomic mass is 9.86. The number of ether oxygens (including phenoxy) is 1. The molecule has 122 valence electrons. The molecule has 2 N–H and O–H groups in total. The highest BCUT2D eigenvalue weighted by molar-refractivity contribution is 7.87. The van der Waals surface area contributed by atoms with Gasteiger partial charge in [0.1, 0.15) is 0 Å². The third-order valence-corrected chi connectivity index (χ3v) is 5.75. The summed E-state index contributed by atoms with van der Waals surface area (Å²) in [7, 11) is -3.40. The Balaban J connectivity index is 1.81. The molecule has 0 unspecified atom stereocenters. The van der Waals surface area contributed by atoms with E-state index in [-0.39, 0.29) is 17.9 Å². The molecule has 0 amide bonds. The van der Waals surface area contributed by atoms with Gasteiger partial charge in [-0.25, -0.2) is 0 Å². The van der Waals surface area contributed by atoms with Crippen LogP contribution in [0.3, 0.4) is 0 Å². The van der Waals surface area contributed by atoms with E-state index in [1.165, 1.54) is 4.31 Å². The zero-order chi connectivity index (χ0) is 15.3. The minimum atomic E-state index is -3.40. The molecule has 0 radical (unpaired) electrons. The molecule has 1 heterocycles. The number of esters is 1. The van der Waals surface area contributed by atoms with Gasteiger partial charge in [0.05, 0.1) is 12.5 Å². The average Bonchev–Trinajstić information content (AvgIpc) is 2.49. The molecule has 2 fully saturated rings. The highest BCUT2D eigenvalue weighted by atomic mass is 32.2. The summed E-state index contributed by atoms with van der Waals surface area (Å²) in [5.74, 6) is -0.231. The lowest BCUT2D eigenvalue weighted by Crippen LogP contribution is -2.53. The molecule has 1 saturated carbocycles. The van der Waals surface area contributed by atoms with E-state index in [2.05, 4.69) is 10.0 Å². The fourth-order valence-corrected chi connectivity index (χ4v) is 4.35. The van der Waals surface area contributed by atoms with Crippen molar-refractivity contribution >= 4 is 16.2 Å². The topological polar surface area (TPSA) is 87.7 Å². The third kappa shape index (κ3) is 4.64. The van der Waals surface area contributed by atoms with Crippen LogP contribution in [0.15, 0.2) is 0 Å². The van der Waals surface area contributed by atoms with Crippen LogP contribution in [0.4, 0.5) is 0 Å². The molecule has 0 aromatic carbocycles. The fourth-order valence-electron chi connectivity index (χ4n) is 2.88. The van der Waals surface area contributed by atoms with Gasteiger partial charge in [0.25, 0.3) is 10.2 Å². The number of rotatable bonds is 5. The largest absolute Gasteiger partial charge is 0.466 e. The van der Waals surface area contributed by atoms with Crippen LogP contribution in [-0.2, 0) is 19.7 Å². The van der Waals surface area contributed by atoms with Gasteiger partial charge in [0.15, 0.2) is 0 Å². The van der Waals surface area contributed by atoms with Crippen molar-refractivity contribution in [3.8, 4) is 0 Å². The van der Waals surface area contributed by atoms with Crippen LogP contribution in [-0.4, -0.2) is 57.5 Å². The van der Waals surface area contributed by atoms with E-state index in [1.54, 1.807) is 6.92 Å². The minimum absolute atomic E-state index is 0.0736. The highest BCUT2D eigenvalue weighted by Crippen LogP contribution is 2.26. The zero-order valence-corrected chi connectivity index (χ0v) is 13.3. The van der Waals surface area contributed by atoms with Gasteiger partial charge >= 0.3 is 5.97 Å². The maximum Gasteiger partial charge on any atom is 0.308 e. The quantitative estimate of drug-likeness (QED) is 0.688. The van der Waals surface area contributed by atoms with Crippen LogP contribution in [0.2, 0.25) is 0 Å². The Morgan fingerprint density at radius 3 is 2.43 bits per heavy atom. The van der Waals surface area contributed by atoms with Gasteiger partial charge in [-0.3, -0.25) is 4.79 Å². The monoisotopic (exact) mass is 319 g/mol. The Hall–Kier alpha value is -0.700. The van der Waals surface area contributed by atoms with E-state index in [0.29, 0.717) is 58.5 Å². The molecule has 0 aromatic rings. The molecule has 1 saturated heterocycles. The lowest BCUT2D eigenvalue weighted by Gasteiger charge is -2.31. The minimum Gasteiger partial charge on any atom is -0.466 e. The summed E-state index contributed by atoms with van der Waals surface area (Å²) in [6, 6.07) is -0.0736. The standard InChI is InChI=1S/C13H25N3O4S/c1-2-20-13(17)11-3-5-12(6-4-11)15-21(18,19)16-9-7-14-8-10-16/h11-12,14-15H,2-10H2,1H3. The van der Waals surface area contributed by atoms with E-state index in [1.807, 2.05) is 0 Å². The molecule has 1 aliphatic heterocycles. The zero-order valence-electron chi connectivity index (χ0n) is 12.5. The predicted molar refractivity (Wildman–Crippen MR) is 78.9 cm³/mol. The number of piperazine rings is 1. The average molecular weight is 319 g/mol. The molecule has 7 nitrogen and oxygen atoms in total. The van der Waals surface area contributed by atoms with E-state index in [4.69, 9.17) is 4.74 Å². The molecule has 0 aromatic heterocycles. The molecule has 2 rings (SSSR count). The molecule has 2 aliphatic rings. The second kappa shape index (κ2) is 7.53. The van der Waals surface area contributed by atoms with Gasteiger partial charge in [0.2, 0.25) is 0 Å². The van der Waals surface area contributed by atoms with Gasteiger partial charge in [-0.1, -0.05) is 0 Å². The van der Waals surface area contributed by atoms with Gasteiger partial charge in [-0.15, -0.1) is 0 Å². The maximum absolute atomic E-state index is 12.3. The molecule has 0 atom stereocenters. The normalized spacial score (nSPS) is 28.2. The second-order valence-corrected chi connectivity index (χ2v) is 7.27. The molecular weight excluding hydrogens is 294 g/mol. The fraction of sp³-hybridized carbons (Fsp3) is 0.923. The van der Waals surface area contributed by atoms with Crippen molar-refractivity contribution in [3.63, 3.8) is 0 Å². The molecule has 0 bridgehead atoms. The second-order valence-electron chi connectivity index (χ2n) is 5.57. The number of carbonyl (C=O) groups is 1. The smallest absolute Gasteiger partial charge is 0.308 e. The van der Waals surface area contributed by atoms with Crippen molar-refractivity contribution in [1.29, 1.82) is 0 Å². The first-order chi connectivity index (χ1) is 10.0. The molecule has 0 spiro atoms. The summed E-state index contributed by atoms with van der Waals surface area (Å²) < 4.78 is 33.8. The molecule has 1 aliphatic carbocycles. The van der Waals surface area contributed by atoms with Crippen molar-refractivity contribution in [1.82, 2.24) is 14.3 Å². The number of hydrogen-bond donors (Lipinski definition) is 2. The summed E-state index contributed by atoms with van der Waals surface area (Å²) in [6.45, 7) is 4.59. The predicted octanol–water partition coefficient (Wildman–Crippen LogP) is -0.152. The van der Waals surface area contributed by atoms with Crippen LogP contribution in [0.1, 0.15) is 32.6 Å². The Bertz CT molecular complexity index is 440. The van der Waals surface area contributed by atoms with E-state index in [0.717, 1.165) is 0 Å². The number of nitrogens with zero attached hydrogens (tertiary/aromatic N) is 1. The van der Waals surface area contributed by atoms with Gasteiger partial charge in [0, 0.05) is 32.2 Å². The number of hydrogen-bond acceptors (Lipinski definition) is 5. The third-order valence-electron chi connectivity index (χ3n) is 4.08. The summed E-state index contributed by atoms with van der Waals surface area (Å²) >= 11 is 0. The SMILES string of the molecule is CCOC(=O)C1CCC(NS(=O)(=O)N2CCNCC2)CC1. The highest BCUT2D eigenvalue weighted by Gasteiger charge is 2.31. The Morgan fingerprint density at radius 1 is 1.24 bits per heavy atom. The molecular formula is C13H25N3O4S. The molecule has 21 heavy (non-hydrogen) atoms. The Kier molecular flexibility index (Phi) is 5.98. The summed E-state index contributed by atoms with van der Waals surface area (Å²) in [5, 5.41) is 3.14. The van der Waals surface area contributed by atoms with Crippen molar-refractivity contribution in [2.45, 2.75) is 38.6 Å². The Labute approximate surface area is 126 Å². The van der Waals surface area contributed by atoms with Gasteiger partial charge in [-0.2, -0.15) is 17.4 Å². The Morgan fingerprint density at radius 2 is 1.86 bits per heavy atom. The van der Waals surface area contributed by atoms with Crippen molar-refractivity contribution in [2.75, 3.05) is 32.8 Å². The van der Waals surface area contributed by atoms with E-state index in [9.17, 15) is 13.2 Å². The van der Waals surface area contributed by atoms with Crippen LogP contribution >= 0.6 is 0 Å². The summed E-state index contributed by atoms with van der Waals surface area (Å²) in [5.41, 5.74) is 0. The van der Waals surface area contributed by atoms with Crippen LogP contribution < -0.4 is 10.0 Å². The van der Waals surface area contributed by atoms with E-state index >= 15 is 0 Å². The van der Waals surface area contributed by atoms with Crippen molar-refractivity contribution in [3.05, 3.63) is 0 Å². The lowest BCUT2D eigenvalue weighted by molar-refractivity contribution is -0.149. The molecule has 8 heteroatoms. The van der Waals surface area contributed by atoms with Crippen LogP contribution in [0, 0.1) is 5.92 Å². The number of carbonyl (C=O) groups excluding carboxylic acids is 1. The summed E-state index contributed by atoms with van der Waals surface area (Å²) in [4.78, 5) is 11.7. The first kappa shape index (κ1) is 16.7. The van der Waals surface area contributed by atoms with Gasteiger partial charge < -0.3 is 10.1 Å². The van der Waals surface area contributed by atoms with Crippen LogP contribution in [0.5, 0.6) is 0 Å². The maximum atomic E-state index is 12.3. The first-order valence-electron chi connectivity index (χ1n) is 7.67. The van der Waals surface area contributed by atoms with Crippen molar-refractivity contribution < 1.29 is 17.9 Å². The summed E-state index contributed by atoms with van der Waals surface area (Å²) in [6.07, 6.45) is 2.75. The number of nitrogens with one attached hydrogen (secondary N) is 2.